The van der Waals surface area contributed by atoms with Crippen LogP contribution in [0.4, 0.5) is 5.13 Å². The number of aryl methyl sites for hydroxylation is 2. The van der Waals surface area contributed by atoms with E-state index in [1.807, 2.05) is 50.4 Å². The molecule has 0 fully saturated rings. The van der Waals surface area contributed by atoms with Gasteiger partial charge >= 0.3 is 0 Å². The maximum Gasteiger partial charge on any atom is 0.204 e. The highest BCUT2D eigenvalue weighted by atomic mass is 32.1. The van der Waals surface area contributed by atoms with Gasteiger partial charge in [0.15, 0.2) is 17.3 Å². The molecule has 6 nitrogen and oxygen atoms in total. The van der Waals surface area contributed by atoms with Crippen molar-refractivity contribution in [3.8, 4) is 23.0 Å². The van der Waals surface area contributed by atoms with Crippen molar-refractivity contribution in [2.24, 2.45) is 5.10 Å². The summed E-state index contributed by atoms with van der Waals surface area (Å²) < 4.78 is 16.3. The molecule has 0 amide bonds. The molecular weight excluding hydrogens is 350 g/mol. The van der Waals surface area contributed by atoms with Crippen LogP contribution in [0.25, 0.3) is 11.5 Å². The topological polar surface area (TPSA) is 68.9 Å². The number of methoxy groups -OCH3 is 2. The number of hydrogen-bond acceptors (Lipinski definition) is 7. The van der Waals surface area contributed by atoms with Crippen molar-refractivity contribution in [1.82, 2.24) is 4.98 Å². The van der Waals surface area contributed by atoms with E-state index in [-0.39, 0.29) is 0 Å². The van der Waals surface area contributed by atoms with Gasteiger partial charge in [-0.25, -0.2) is 4.98 Å². The van der Waals surface area contributed by atoms with Crippen molar-refractivity contribution in [2.75, 3.05) is 19.6 Å². The smallest absolute Gasteiger partial charge is 0.204 e. The zero-order valence-corrected chi connectivity index (χ0v) is 16.2. The maximum absolute atomic E-state index is 5.60. The van der Waals surface area contributed by atoms with Crippen LogP contribution >= 0.6 is 11.3 Å². The lowest BCUT2D eigenvalue weighted by molar-refractivity contribution is 0.354. The molecule has 0 unspecified atom stereocenters. The number of ether oxygens (including phenoxy) is 2. The summed E-state index contributed by atoms with van der Waals surface area (Å²) in [7, 11) is 3.25. The van der Waals surface area contributed by atoms with Crippen LogP contribution in [0.3, 0.4) is 0 Å². The third-order valence-electron chi connectivity index (χ3n) is 3.94. The van der Waals surface area contributed by atoms with Crippen LogP contribution in [0, 0.1) is 13.8 Å². The first-order chi connectivity index (χ1) is 12.5. The Morgan fingerprint density at radius 2 is 1.88 bits per heavy atom. The number of hydrazone groups is 1. The first-order valence-corrected chi connectivity index (χ1v) is 8.95. The van der Waals surface area contributed by atoms with Gasteiger partial charge in [-0.1, -0.05) is 0 Å². The average Bonchev–Trinajstić information content (AvgIpc) is 3.28. The Morgan fingerprint density at radius 3 is 2.54 bits per heavy atom. The number of aromatic nitrogens is 1. The number of thiazole rings is 1. The summed E-state index contributed by atoms with van der Waals surface area (Å²) in [5.74, 6) is 2.99. The fourth-order valence-electron chi connectivity index (χ4n) is 2.57. The van der Waals surface area contributed by atoms with Crippen molar-refractivity contribution >= 4 is 22.2 Å². The van der Waals surface area contributed by atoms with Gasteiger partial charge in [0.05, 0.1) is 19.9 Å². The second-order valence-electron chi connectivity index (χ2n) is 5.78. The lowest BCUT2D eigenvalue weighted by Crippen LogP contribution is -2.03. The fourth-order valence-corrected chi connectivity index (χ4v) is 3.21. The van der Waals surface area contributed by atoms with E-state index < -0.39 is 0 Å². The largest absolute Gasteiger partial charge is 0.493 e. The third-order valence-corrected chi connectivity index (χ3v) is 4.68. The molecule has 2 aromatic heterocycles. The molecule has 0 saturated heterocycles. The van der Waals surface area contributed by atoms with E-state index in [1.54, 1.807) is 14.2 Å². The zero-order valence-electron chi connectivity index (χ0n) is 15.4. The molecule has 0 saturated carbocycles. The SMILES string of the molecule is COc1cc(C)c(/C(C)=N\Nc2nc(-c3ccc(C)o3)cs2)cc1OC. The normalized spacial score (nSPS) is 11.5. The fraction of sp³-hybridized carbons (Fsp3) is 0.263. The van der Waals surface area contributed by atoms with Crippen LogP contribution in [0.5, 0.6) is 11.5 Å². The highest BCUT2D eigenvalue weighted by Crippen LogP contribution is 2.31. The summed E-state index contributed by atoms with van der Waals surface area (Å²) in [4.78, 5) is 4.50. The van der Waals surface area contributed by atoms with Crippen LogP contribution in [0.2, 0.25) is 0 Å². The molecule has 0 radical (unpaired) electrons. The number of hydrogen-bond donors (Lipinski definition) is 1. The minimum atomic E-state index is 0.673. The molecule has 1 N–H and O–H groups in total. The van der Waals surface area contributed by atoms with Gasteiger partial charge in [0.25, 0.3) is 0 Å². The van der Waals surface area contributed by atoms with Gasteiger partial charge in [-0.15, -0.1) is 11.3 Å². The number of nitrogens with one attached hydrogen (secondary N) is 1. The van der Waals surface area contributed by atoms with E-state index in [0.717, 1.165) is 34.1 Å². The van der Waals surface area contributed by atoms with Crippen molar-refractivity contribution in [3.05, 3.63) is 46.5 Å². The minimum absolute atomic E-state index is 0.673. The molecule has 136 valence electrons. The van der Waals surface area contributed by atoms with Crippen molar-refractivity contribution < 1.29 is 13.9 Å². The monoisotopic (exact) mass is 371 g/mol. The van der Waals surface area contributed by atoms with Crippen molar-refractivity contribution in [2.45, 2.75) is 20.8 Å². The highest BCUT2D eigenvalue weighted by Gasteiger charge is 2.11. The van der Waals surface area contributed by atoms with Gasteiger partial charge in [-0.05, 0) is 50.6 Å². The molecule has 0 aliphatic heterocycles. The molecule has 7 heteroatoms. The van der Waals surface area contributed by atoms with Crippen LogP contribution in [-0.4, -0.2) is 24.9 Å². The number of anilines is 1. The van der Waals surface area contributed by atoms with Gasteiger partial charge in [-0.2, -0.15) is 5.10 Å². The number of benzene rings is 1. The Hall–Kier alpha value is -2.80. The summed E-state index contributed by atoms with van der Waals surface area (Å²) in [5, 5.41) is 7.09. The van der Waals surface area contributed by atoms with E-state index in [9.17, 15) is 0 Å². The minimum Gasteiger partial charge on any atom is -0.493 e. The quantitative estimate of drug-likeness (QED) is 0.494. The Bertz CT molecular complexity index is 943. The van der Waals surface area contributed by atoms with Crippen LogP contribution in [0.1, 0.15) is 23.8 Å². The Balaban J connectivity index is 1.80. The summed E-state index contributed by atoms with van der Waals surface area (Å²) in [6, 6.07) is 7.70. The summed E-state index contributed by atoms with van der Waals surface area (Å²) in [5.41, 5.74) is 6.67. The summed E-state index contributed by atoms with van der Waals surface area (Å²) in [6.07, 6.45) is 0. The van der Waals surface area contributed by atoms with Gasteiger partial charge in [0.2, 0.25) is 5.13 Å². The summed E-state index contributed by atoms with van der Waals surface area (Å²) >= 11 is 1.47. The van der Waals surface area contributed by atoms with Gasteiger partial charge in [0.1, 0.15) is 11.5 Å². The van der Waals surface area contributed by atoms with Gasteiger partial charge in [0, 0.05) is 10.9 Å². The van der Waals surface area contributed by atoms with E-state index in [0.29, 0.717) is 16.6 Å². The van der Waals surface area contributed by atoms with E-state index in [4.69, 9.17) is 13.9 Å². The standard InChI is InChI=1S/C19H21N3O3S/c1-11-8-17(23-4)18(24-5)9-14(11)13(3)21-22-19-20-15(10-26-19)16-7-6-12(2)25-16/h6-10H,1-5H3,(H,20,22)/b21-13-. The molecular formula is C19H21N3O3S. The average molecular weight is 371 g/mol. The van der Waals surface area contributed by atoms with E-state index >= 15 is 0 Å². The number of furan rings is 1. The predicted molar refractivity (Wildman–Crippen MR) is 105 cm³/mol. The highest BCUT2D eigenvalue weighted by molar-refractivity contribution is 7.14. The zero-order chi connectivity index (χ0) is 18.7. The first kappa shape index (κ1) is 18.0. The van der Waals surface area contributed by atoms with Gasteiger partial charge in [-0.3, -0.25) is 5.43 Å². The second kappa shape index (κ2) is 7.61. The molecule has 0 spiro atoms. The molecule has 1 aromatic carbocycles. The molecule has 0 atom stereocenters. The van der Waals surface area contributed by atoms with E-state index in [1.165, 1.54) is 11.3 Å². The van der Waals surface area contributed by atoms with Crippen molar-refractivity contribution in [3.63, 3.8) is 0 Å². The number of rotatable bonds is 6. The summed E-state index contributed by atoms with van der Waals surface area (Å²) in [6.45, 7) is 5.86. The first-order valence-electron chi connectivity index (χ1n) is 8.07. The van der Waals surface area contributed by atoms with Crippen LogP contribution in [0.15, 0.2) is 39.2 Å². The van der Waals surface area contributed by atoms with Crippen LogP contribution < -0.4 is 14.9 Å². The number of nitrogens with zero attached hydrogens (tertiary/aromatic N) is 2. The Morgan fingerprint density at radius 1 is 1.15 bits per heavy atom. The maximum atomic E-state index is 5.60. The molecule has 26 heavy (non-hydrogen) atoms. The molecule has 0 aliphatic carbocycles. The lowest BCUT2D eigenvalue weighted by Gasteiger charge is -2.12. The van der Waals surface area contributed by atoms with Crippen molar-refractivity contribution in [1.29, 1.82) is 0 Å². The Kier molecular flexibility index (Phi) is 5.27. The third kappa shape index (κ3) is 3.72. The molecule has 3 aromatic rings. The lowest BCUT2D eigenvalue weighted by atomic mass is 10.0. The molecule has 0 bridgehead atoms. The molecule has 0 aliphatic rings. The Labute approximate surface area is 156 Å². The van der Waals surface area contributed by atoms with Crippen LogP contribution in [-0.2, 0) is 0 Å². The predicted octanol–water partition coefficient (Wildman–Crippen LogP) is 4.87. The van der Waals surface area contributed by atoms with Gasteiger partial charge < -0.3 is 13.9 Å². The van der Waals surface area contributed by atoms with E-state index in [2.05, 4.69) is 15.5 Å². The second-order valence-corrected chi connectivity index (χ2v) is 6.64. The molecule has 2 heterocycles. The molecule has 3 rings (SSSR count).